The predicted octanol–water partition coefficient (Wildman–Crippen LogP) is 3.45. The molecule has 25 heavy (non-hydrogen) atoms. The van der Waals surface area contributed by atoms with Crippen molar-refractivity contribution in [1.82, 2.24) is 9.78 Å². The van der Waals surface area contributed by atoms with E-state index in [2.05, 4.69) is 10.4 Å². The van der Waals surface area contributed by atoms with E-state index >= 15 is 0 Å². The van der Waals surface area contributed by atoms with Crippen molar-refractivity contribution in [3.05, 3.63) is 66.0 Å². The molecule has 1 aromatic heterocycles. The molecule has 128 valence electrons. The highest BCUT2D eigenvalue weighted by molar-refractivity contribution is 6.08. The lowest BCUT2D eigenvalue weighted by atomic mass is 10.1. The number of hydrogen-bond donors (Lipinski definition) is 1. The summed E-state index contributed by atoms with van der Waals surface area (Å²) in [4.78, 5) is 12.8. The Labute approximate surface area is 146 Å². The topological polar surface area (TPSA) is 65.4 Å². The number of nitrogens with zero attached hydrogens (tertiary/aromatic N) is 2. The summed E-state index contributed by atoms with van der Waals surface area (Å²) in [6.45, 7) is 1.90. The molecule has 0 radical (unpaired) electrons. The van der Waals surface area contributed by atoms with Gasteiger partial charge in [-0.15, -0.1) is 0 Å². The number of benzene rings is 2. The summed E-state index contributed by atoms with van der Waals surface area (Å²) >= 11 is 0. The van der Waals surface area contributed by atoms with Gasteiger partial charge in [-0.2, -0.15) is 5.10 Å². The number of anilines is 1. The second-order valence-corrected chi connectivity index (χ2v) is 5.38. The monoisotopic (exact) mass is 337 g/mol. The number of rotatable bonds is 5. The van der Waals surface area contributed by atoms with Gasteiger partial charge < -0.3 is 14.8 Å². The molecule has 0 spiro atoms. The van der Waals surface area contributed by atoms with Crippen LogP contribution in [0.3, 0.4) is 0 Å². The smallest absolute Gasteiger partial charge is 0.263 e. The van der Waals surface area contributed by atoms with Gasteiger partial charge in [0.15, 0.2) is 0 Å². The quantitative estimate of drug-likeness (QED) is 0.774. The van der Waals surface area contributed by atoms with E-state index in [0.29, 0.717) is 22.7 Å². The van der Waals surface area contributed by atoms with Crippen molar-refractivity contribution in [3.63, 3.8) is 0 Å². The van der Waals surface area contributed by atoms with Gasteiger partial charge in [0.25, 0.3) is 5.91 Å². The van der Waals surface area contributed by atoms with Crippen LogP contribution < -0.4 is 14.8 Å². The summed E-state index contributed by atoms with van der Waals surface area (Å²) < 4.78 is 12.4. The fourth-order valence-corrected chi connectivity index (χ4v) is 2.62. The van der Waals surface area contributed by atoms with Gasteiger partial charge in [-0.1, -0.05) is 24.3 Å². The molecule has 0 aliphatic heterocycles. The molecule has 0 fully saturated rings. The minimum Gasteiger partial charge on any atom is -0.496 e. The molecule has 3 aromatic rings. The lowest BCUT2D eigenvalue weighted by Crippen LogP contribution is -2.15. The van der Waals surface area contributed by atoms with Crippen LogP contribution >= 0.6 is 0 Å². The van der Waals surface area contributed by atoms with E-state index in [1.807, 2.05) is 37.3 Å². The molecular weight excluding hydrogens is 318 g/mol. The van der Waals surface area contributed by atoms with Gasteiger partial charge in [0, 0.05) is 0 Å². The Morgan fingerprint density at radius 2 is 1.64 bits per heavy atom. The van der Waals surface area contributed by atoms with Gasteiger partial charge in [0.05, 0.1) is 37.5 Å². The lowest BCUT2D eigenvalue weighted by Gasteiger charge is -2.13. The first-order valence-corrected chi connectivity index (χ1v) is 7.78. The third-order valence-electron chi connectivity index (χ3n) is 3.91. The van der Waals surface area contributed by atoms with E-state index in [9.17, 15) is 4.79 Å². The lowest BCUT2D eigenvalue weighted by molar-refractivity contribution is 0.102. The van der Waals surface area contributed by atoms with Gasteiger partial charge >= 0.3 is 0 Å². The Hall–Kier alpha value is -3.28. The van der Waals surface area contributed by atoms with Gasteiger partial charge in [-0.3, -0.25) is 4.79 Å². The van der Waals surface area contributed by atoms with Crippen molar-refractivity contribution in [2.24, 2.45) is 0 Å². The Morgan fingerprint density at radius 3 is 2.24 bits per heavy atom. The normalized spacial score (nSPS) is 10.4. The largest absolute Gasteiger partial charge is 0.496 e. The zero-order valence-corrected chi connectivity index (χ0v) is 14.3. The van der Waals surface area contributed by atoms with E-state index in [-0.39, 0.29) is 5.91 Å². The second kappa shape index (κ2) is 7.09. The summed E-state index contributed by atoms with van der Waals surface area (Å²) in [5.41, 5.74) is 2.73. The summed E-state index contributed by atoms with van der Waals surface area (Å²) in [7, 11) is 3.04. The van der Waals surface area contributed by atoms with E-state index < -0.39 is 0 Å². The molecular formula is C19H19N3O3. The highest BCUT2D eigenvalue weighted by Gasteiger charge is 2.20. The first kappa shape index (κ1) is 16.6. The van der Waals surface area contributed by atoms with E-state index in [1.54, 1.807) is 29.1 Å². The Kier molecular flexibility index (Phi) is 4.70. The average molecular weight is 337 g/mol. The van der Waals surface area contributed by atoms with Gasteiger partial charge in [-0.25, -0.2) is 4.68 Å². The zero-order valence-electron chi connectivity index (χ0n) is 14.3. The molecule has 1 heterocycles. The second-order valence-electron chi connectivity index (χ2n) is 5.38. The predicted molar refractivity (Wildman–Crippen MR) is 95.8 cm³/mol. The first-order chi connectivity index (χ1) is 12.2. The Balaban J connectivity index is 1.92. The summed E-state index contributed by atoms with van der Waals surface area (Å²) in [6, 6.07) is 14.9. The number of carbonyl (C=O) groups excluding carboxylic acids is 1. The fraction of sp³-hybridized carbons (Fsp3) is 0.158. The number of methoxy groups -OCH3 is 2. The summed E-state index contributed by atoms with van der Waals surface area (Å²) in [5.74, 6) is 0.583. The van der Waals surface area contributed by atoms with Crippen LogP contribution in [0.5, 0.6) is 11.5 Å². The minimum absolute atomic E-state index is 0.315. The number of para-hydroxylation sites is 1. The molecule has 0 atom stereocenters. The van der Waals surface area contributed by atoms with Gasteiger partial charge in [0.2, 0.25) is 0 Å². The summed E-state index contributed by atoms with van der Waals surface area (Å²) in [5, 5.41) is 7.24. The number of hydrogen-bond acceptors (Lipinski definition) is 4. The highest BCUT2D eigenvalue weighted by Crippen LogP contribution is 2.29. The molecule has 0 unspecified atom stereocenters. The number of ether oxygens (including phenoxy) is 2. The Bertz CT molecular complexity index is 866. The van der Waals surface area contributed by atoms with Crippen molar-refractivity contribution >= 4 is 11.6 Å². The first-order valence-electron chi connectivity index (χ1n) is 7.78. The number of aromatic nitrogens is 2. The maximum Gasteiger partial charge on any atom is 0.263 e. The average Bonchev–Trinajstić information content (AvgIpc) is 3.02. The van der Waals surface area contributed by atoms with Crippen LogP contribution in [0.2, 0.25) is 0 Å². The molecule has 0 bridgehead atoms. The van der Waals surface area contributed by atoms with Crippen molar-refractivity contribution in [2.45, 2.75) is 6.92 Å². The summed E-state index contributed by atoms with van der Waals surface area (Å²) in [6.07, 6.45) is 1.63. The molecule has 6 heteroatoms. The maximum absolute atomic E-state index is 12.8. The molecule has 3 rings (SSSR count). The van der Waals surface area contributed by atoms with E-state index in [0.717, 1.165) is 11.4 Å². The minimum atomic E-state index is -0.315. The van der Waals surface area contributed by atoms with Crippen molar-refractivity contribution < 1.29 is 14.3 Å². The molecule has 0 aliphatic rings. The van der Waals surface area contributed by atoms with Crippen molar-refractivity contribution in [2.75, 3.05) is 19.5 Å². The van der Waals surface area contributed by atoms with Crippen molar-refractivity contribution in [1.29, 1.82) is 0 Å². The molecule has 2 aromatic carbocycles. The SMILES string of the molecule is COc1cccc(OC)c1C(=O)Nc1cnn(-c2ccccc2)c1C. The zero-order chi connectivity index (χ0) is 17.8. The molecule has 0 aliphatic carbocycles. The van der Waals surface area contributed by atoms with Crippen molar-refractivity contribution in [3.8, 4) is 17.2 Å². The van der Waals surface area contributed by atoms with Crippen LogP contribution in [0, 0.1) is 6.92 Å². The standard InChI is InChI=1S/C19H19N3O3/c1-13-15(12-20-22(13)14-8-5-4-6-9-14)21-19(23)18-16(24-2)10-7-11-17(18)25-3/h4-12H,1-3H3,(H,21,23). The highest BCUT2D eigenvalue weighted by atomic mass is 16.5. The third kappa shape index (κ3) is 3.19. The van der Waals surface area contributed by atoms with Gasteiger partial charge in [-0.05, 0) is 31.2 Å². The Morgan fingerprint density at radius 1 is 1.00 bits per heavy atom. The van der Waals surface area contributed by atoms with E-state index in [4.69, 9.17) is 9.47 Å². The van der Waals surface area contributed by atoms with Gasteiger partial charge in [0.1, 0.15) is 17.1 Å². The third-order valence-corrected chi connectivity index (χ3v) is 3.91. The van der Waals surface area contributed by atoms with Crippen LogP contribution in [-0.4, -0.2) is 29.9 Å². The molecule has 1 N–H and O–H groups in total. The van der Waals surface area contributed by atoms with Crippen LogP contribution in [0.4, 0.5) is 5.69 Å². The van der Waals surface area contributed by atoms with Crippen LogP contribution in [0.15, 0.2) is 54.7 Å². The van der Waals surface area contributed by atoms with Crippen LogP contribution in [0.25, 0.3) is 5.69 Å². The number of nitrogens with one attached hydrogen (secondary N) is 1. The van der Waals surface area contributed by atoms with Crippen LogP contribution in [0.1, 0.15) is 16.1 Å². The number of carbonyl (C=O) groups is 1. The van der Waals surface area contributed by atoms with Crippen LogP contribution in [-0.2, 0) is 0 Å². The molecule has 1 amide bonds. The number of amides is 1. The molecule has 0 saturated carbocycles. The molecule has 6 nitrogen and oxygen atoms in total. The molecule has 0 saturated heterocycles. The van der Waals surface area contributed by atoms with E-state index in [1.165, 1.54) is 14.2 Å². The fourth-order valence-electron chi connectivity index (χ4n) is 2.62. The maximum atomic E-state index is 12.8.